The van der Waals surface area contributed by atoms with Crippen molar-refractivity contribution in [2.24, 2.45) is 11.7 Å². The Morgan fingerprint density at radius 3 is 2.50 bits per heavy atom. The van der Waals surface area contributed by atoms with Gasteiger partial charge in [-0.25, -0.2) is 0 Å². The van der Waals surface area contributed by atoms with Gasteiger partial charge in [-0.05, 0) is 18.9 Å². The van der Waals surface area contributed by atoms with Crippen LogP contribution in [0.2, 0.25) is 0 Å². The van der Waals surface area contributed by atoms with Gasteiger partial charge in [-0.1, -0.05) is 20.3 Å². The van der Waals surface area contributed by atoms with E-state index in [1.807, 2.05) is 13.8 Å². The molecule has 0 aliphatic carbocycles. The summed E-state index contributed by atoms with van der Waals surface area (Å²) < 4.78 is 11.6. The summed E-state index contributed by atoms with van der Waals surface area (Å²) in [5.74, 6) is -0.249. The van der Waals surface area contributed by atoms with Gasteiger partial charge in [0.25, 0.3) is 0 Å². The molecule has 0 aromatic carbocycles. The molecule has 0 spiro atoms. The fourth-order valence-corrected chi connectivity index (χ4v) is 2.69. The van der Waals surface area contributed by atoms with Crippen LogP contribution in [0.25, 0.3) is 0 Å². The predicted octanol–water partition coefficient (Wildman–Crippen LogP) is 0.583. The average Bonchev–Trinajstić information content (AvgIpc) is 2.13. The van der Waals surface area contributed by atoms with Gasteiger partial charge in [0.05, 0.1) is 0 Å². The minimum absolute atomic E-state index is 0.267. The zero-order valence-corrected chi connectivity index (χ0v) is 9.55. The molecule has 0 aliphatic rings. The first-order chi connectivity index (χ1) is 6.52. The van der Waals surface area contributed by atoms with E-state index in [1.54, 1.807) is 0 Å². The van der Waals surface area contributed by atoms with E-state index in [4.69, 9.17) is 10.8 Å². The maximum absolute atomic E-state index is 11.6. The molecule has 0 aromatic rings. The summed E-state index contributed by atoms with van der Waals surface area (Å²) in [7, 11) is -1.30. The summed E-state index contributed by atoms with van der Waals surface area (Å²) in [6.07, 6.45) is 1.21. The molecule has 84 valence electrons. The molecule has 3 atom stereocenters. The van der Waals surface area contributed by atoms with Crippen LogP contribution in [-0.2, 0) is 15.6 Å². The van der Waals surface area contributed by atoms with Crippen LogP contribution in [0, 0.1) is 5.92 Å². The van der Waals surface area contributed by atoms with Crippen molar-refractivity contribution in [2.45, 2.75) is 31.9 Å². The van der Waals surface area contributed by atoms with E-state index in [0.717, 1.165) is 6.42 Å². The Hall–Kier alpha value is -0.420. The number of carboxylic acid groups (broad SMARTS) is 1. The Morgan fingerprint density at radius 1 is 1.57 bits per heavy atom. The lowest BCUT2D eigenvalue weighted by Gasteiger charge is -2.13. The van der Waals surface area contributed by atoms with Crippen LogP contribution in [0.3, 0.4) is 0 Å². The number of carbonyl (C=O) groups is 1. The summed E-state index contributed by atoms with van der Waals surface area (Å²) >= 11 is 0. The lowest BCUT2D eigenvalue weighted by Crippen LogP contribution is -2.31. The Bertz CT molecular complexity index is 208. The van der Waals surface area contributed by atoms with Crippen molar-refractivity contribution < 1.29 is 14.1 Å². The second kappa shape index (κ2) is 6.95. The molecule has 0 radical (unpaired) electrons. The van der Waals surface area contributed by atoms with Crippen LogP contribution >= 0.6 is 0 Å². The van der Waals surface area contributed by atoms with Crippen molar-refractivity contribution in [2.75, 3.05) is 12.3 Å². The van der Waals surface area contributed by atoms with Crippen molar-refractivity contribution in [1.82, 2.24) is 0 Å². The molecule has 4 nitrogen and oxygen atoms in total. The van der Waals surface area contributed by atoms with E-state index < -0.39 is 22.0 Å². The van der Waals surface area contributed by atoms with Crippen molar-refractivity contribution in [3.8, 4) is 0 Å². The Morgan fingerprint density at radius 2 is 2.14 bits per heavy atom. The highest BCUT2D eigenvalue weighted by Gasteiger charge is 2.24. The standard InChI is InChI=1S/C9H19NO3S/c1-3-7(2)6-14(13)8(4-5-10)9(11)12/h7-8H,3-6,10H2,1-2H3,(H,11,12). The fourth-order valence-electron chi connectivity index (χ4n) is 1.03. The summed E-state index contributed by atoms with van der Waals surface area (Å²) in [6.45, 7) is 4.24. The molecule has 0 rings (SSSR count). The van der Waals surface area contributed by atoms with E-state index in [2.05, 4.69) is 0 Å². The smallest absolute Gasteiger partial charge is 0.319 e. The van der Waals surface area contributed by atoms with E-state index in [0.29, 0.717) is 18.1 Å². The zero-order chi connectivity index (χ0) is 11.1. The molecular weight excluding hydrogens is 202 g/mol. The molecule has 0 heterocycles. The quantitative estimate of drug-likeness (QED) is 0.659. The molecule has 0 amide bonds. The van der Waals surface area contributed by atoms with Crippen LogP contribution in [0.15, 0.2) is 0 Å². The molecule has 5 heteroatoms. The maximum atomic E-state index is 11.6. The second-order valence-corrected chi connectivity index (χ2v) is 5.13. The van der Waals surface area contributed by atoms with E-state index in [1.165, 1.54) is 0 Å². The monoisotopic (exact) mass is 221 g/mol. The first-order valence-electron chi connectivity index (χ1n) is 4.82. The van der Waals surface area contributed by atoms with Crippen LogP contribution in [0.5, 0.6) is 0 Å². The number of carboxylic acids is 1. The molecule has 0 aliphatic heterocycles. The molecule has 0 saturated heterocycles. The predicted molar refractivity (Wildman–Crippen MR) is 57.6 cm³/mol. The lowest BCUT2D eigenvalue weighted by atomic mass is 10.2. The summed E-state index contributed by atoms with van der Waals surface area (Å²) in [6, 6.07) is 0. The van der Waals surface area contributed by atoms with Crippen molar-refractivity contribution in [1.29, 1.82) is 0 Å². The van der Waals surface area contributed by atoms with Crippen LogP contribution in [0.1, 0.15) is 26.7 Å². The van der Waals surface area contributed by atoms with Crippen LogP contribution in [-0.4, -0.2) is 32.8 Å². The van der Waals surface area contributed by atoms with Gasteiger partial charge in [-0.2, -0.15) is 0 Å². The van der Waals surface area contributed by atoms with Crippen LogP contribution < -0.4 is 5.73 Å². The Balaban J connectivity index is 4.22. The highest BCUT2D eigenvalue weighted by atomic mass is 32.2. The first kappa shape index (κ1) is 13.6. The summed E-state index contributed by atoms with van der Waals surface area (Å²) in [5.41, 5.74) is 5.27. The average molecular weight is 221 g/mol. The Labute approximate surface area is 87.3 Å². The molecule has 0 aromatic heterocycles. The minimum atomic E-state index is -1.30. The number of rotatable bonds is 7. The van der Waals surface area contributed by atoms with Gasteiger partial charge >= 0.3 is 5.97 Å². The molecule has 0 fully saturated rings. The first-order valence-corrected chi connectivity index (χ1v) is 6.21. The zero-order valence-electron chi connectivity index (χ0n) is 8.73. The van der Waals surface area contributed by atoms with Gasteiger partial charge < -0.3 is 10.8 Å². The topological polar surface area (TPSA) is 80.4 Å². The largest absolute Gasteiger partial charge is 0.480 e. The van der Waals surface area contributed by atoms with Gasteiger partial charge in [0.2, 0.25) is 0 Å². The molecule has 14 heavy (non-hydrogen) atoms. The number of aliphatic carboxylic acids is 1. The molecule has 3 N–H and O–H groups in total. The van der Waals surface area contributed by atoms with E-state index >= 15 is 0 Å². The number of hydrogen-bond donors (Lipinski definition) is 2. The van der Waals surface area contributed by atoms with Crippen molar-refractivity contribution >= 4 is 16.8 Å². The minimum Gasteiger partial charge on any atom is -0.480 e. The lowest BCUT2D eigenvalue weighted by molar-refractivity contribution is -0.136. The highest BCUT2D eigenvalue weighted by molar-refractivity contribution is 7.86. The normalized spacial score (nSPS) is 17.4. The van der Waals surface area contributed by atoms with Crippen LogP contribution in [0.4, 0.5) is 0 Å². The van der Waals surface area contributed by atoms with Gasteiger partial charge in [-0.3, -0.25) is 9.00 Å². The van der Waals surface area contributed by atoms with E-state index in [9.17, 15) is 9.00 Å². The van der Waals surface area contributed by atoms with E-state index in [-0.39, 0.29) is 6.54 Å². The van der Waals surface area contributed by atoms with Crippen molar-refractivity contribution in [3.63, 3.8) is 0 Å². The third-order valence-electron chi connectivity index (χ3n) is 2.17. The van der Waals surface area contributed by atoms with Gasteiger partial charge in [0, 0.05) is 16.6 Å². The fraction of sp³-hybridized carbons (Fsp3) is 0.889. The van der Waals surface area contributed by atoms with Gasteiger partial charge in [0.15, 0.2) is 0 Å². The molecule has 3 unspecified atom stereocenters. The summed E-state index contributed by atoms with van der Waals surface area (Å²) in [4.78, 5) is 10.8. The molecule has 0 bridgehead atoms. The Kier molecular flexibility index (Phi) is 6.74. The molecule has 0 saturated carbocycles. The van der Waals surface area contributed by atoms with Gasteiger partial charge in [-0.15, -0.1) is 0 Å². The third-order valence-corrected chi connectivity index (χ3v) is 4.14. The SMILES string of the molecule is CCC(C)CS(=O)C(CCN)C(=O)O. The number of nitrogens with two attached hydrogens (primary N) is 1. The maximum Gasteiger partial charge on any atom is 0.319 e. The summed E-state index contributed by atoms with van der Waals surface area (Å²) in [5, 5.41) is 8.01. The second-order valence-electron chi connectivity index (χ2n) is 3.47. The van der Waals surface area contributed by atoms with Crippen molar-refractivity contribution in [3.05, 3.63) is 0 Å². The number of hydrogen-bond acceptors (Lipinski definition) is 3. The highest BCUT2D eigenvalue weighted by Crippen LogP contribution is 2.09. The van der Waals surface area contributed by atoms with Gasteiger partial charge in [0.1, 0.15) is 5.25 Å². The third kappa shape index (κ3) is 4.72. The molecular formula is C9H19NO3S.